The van der Waals surface area contributed by atoms with Gasteiger partial charge in [-0.05, 0) is 36.4 Å². The molecule has 1 nitrogen and oxygen atoms in total. The van der Waals surface area contributed by atoms with E-state index in [2.05, 4.69) is 6.07 Å². The molecule has 0 N–H and O–H groups in total. The van der Waals surface area contributed by atoms with Crippen molar-refractivity contribution in [1.82, 2.24) is 0 Å². The molecule has 0 saturated heterocycles. The summed E-state index contributed by atoms with van der Waals surface area (Å²) in [6.45, 7) is 0. The SMILES string of the molecule is Clc1ccc(Oc2cc[c]cc2Cl)c(Cl)c1. The Morgan fingerprint density at radius 1 is 0.938 bits per heavy atom. The van der Waals surface area contributed by atoms with Gasteiger partial charge in [0.05, 0.1) is 10.0 Å². The van der Waals surface area contributed by atoms with Crippen LogP contribution in [0.15, 0.2) is 36.4 Å². The Morgan fingerprint density at radius 3 is 2.38 bits per heavy atom. The average molecular weight is 273 g/mol. The first kappa shape index (κ1) is 11.6. The Kier molecular flexibility index (Phi) is 3.59. The number of ether oxygens (including phenoxy) is 1. The Balaban J connectivity index is 2.31. The van der Waals surface area contributed by atoms with E-state index in [4.69, 9.17) is 39.5 Å². The van der Waals surface area contributed by atoms with E-state index in [1.54, 1.807) is 36.4 Å². The van der Waals surface area contributed by atoms with Crippen molar-refractivity contribution in [2.75, 3.05) is 0 Å². The monoisotopic (exact) mass is 271 g/mol. The molecule has 0 aromatic heterocycles. The second-order valence-corrected chi connectivity index (χ2v) is 4.28. The van der Waals surface area contributed by atoms with Crippen LogP contribution in [-0.2, 0) is 0 Å². The molecule has 0 aliphatic rings. The van der Waals surface area contributed by atoms with E-state index >= 15 is 0 Å². The van der Waals surface area contributed by atoms with Crippen LogP contribution in [0, 0.1) is 6.07 Å². The van der Waals surface area contributed by atoms with Crippen molar-refractivity contribution in [1.29, 1.82) is 0 Å². The van der Waals surface area contributed by atoms with Crippen LogP contribution in [0.4, 0.5) is 0 Å². The lowest BCUT2D eigenvalue weighted by atomic mass is 10.3. The zero-order valence-corrected chi connectivity index (χ0v) is 10.3. The summed E-state index contributed by atoms with van der Waals surface area (Å²) in [5.74, 6) is 1.05. The van der Waals surface area contributed by atoms with E-state index in [0.29, 0.717) is 26.6 Å². The molecular formula is C12H6Cl3O. The molecule has 0 saturated carbocycles. The van der Waals surface area contributed by atoms with Gasteiger partial charge in [0, 0.05) is 5.02 Å². The van der Waals surface area contributed by atoms with Crippen molar-refractivity contribution < 1.29 is 4.74 Å². The standard InChI is InChI=1S/C12H6Cl3O/c13-8-5-6-12(10(15)7-8)16-11-4-2-1-3-9(11)14/h2-7H. The summed E-state index contributed by atoms with van der Waals surface area (Å²) in [4.78, 5) is 0. The molecule has 0 spiro atoms. The van der Waals surface area contributed by atoms with E-state index in [0.717, 1.165) is 0 Å². The minimum Gasteiger partial charge on any atom is -0.454 e. The topological polar surface area (TPSA) is 9.23 Å². The van der Waals surface area contributed by atoms with Crippen molar-refractivity contribution in [3.8, 4) is 11.5 Å². The van der Waals surface area contributed by atoms with Crippen molar-refractivity contribution in [3.63, 3.8) is 0 Å². The van der Waals surface area contributed by atoms with Gasteiger partial charge in [-0.15, -0.1) is 0 Å². The second kappa shape index (κ2) is 4.96. The largest absolute Gasteiger partial charge is 0.454 e. The van der Waals surface area contributed by atoms with Crippen LogP contribution in [0.3, 0.4) is 0 Å². The first-order valence-corrected chi connectivity index (χ1v) is 5.59. The minimum absolute atomic E-state index is 0.441. The van der Waals surface area contributed by atoms with Crippen molar-refractivity contribution >= 4 is 34.8 Å². The lowest BCUT2D eigenvalue weighted by Gasteiger charge is -2.08. The number of hydrogen-bond donors (Lipinski definition) is 0. The maximum absolute atomic E-state index is 5.97. The molecule has 0 heterocycles. The summed E-state index contributed by atoms with van der Waals surface area (Å²) in [5.41, 5.74) is 0. The lowest BCUT2D eigenvalue weighted by molar-refractivity contribution is 0.483. The van der Waals surface area contributed by atoms with Gasteiger partial charge in [0.25, 0.3) is 0 Å². The third-order valence-electron chi connectivity index (χ3n) is 1.89. The molecule has 81 valence electrons. The van der Waals surface area contributed by atoms with E-state index in [1.165, 1.54) is 0 Å². The third kappa shape index (κ3) is 2.62. The predicted octanol–water partition coefficient (Wildman–Crippen LogP) is 5.24. The smallest absolute Gasteiger partial charge is 0.146 e. The zero-order chi connectivity index (χ0) is 11.5. The van der Waals surface area contributed by atoms with Gasteiger partial charge in [-0.2, -0.15) is 0 Å². The molecule has 1 radical (unpaired) electrons. The molecule has 2 aromatic rings. The molecule has 2 rings (SSSR count). The van der Waals surface area contributed by atoms with Crippen molar-refractivity contribution in [2.24, 2.45) is 0 Å². The molecular weight excluding hydrogens is 266 g/mol. The summed E-state index contributed by atoms with van der Waals surface area (Å²) in [6, 6.07) is 12.9. The fourth-order valence-corrected chi connectivity index (χ4v) is 1.77. The molecule has 0 unspecified atom stereocenters. The number of halogens is 3. The van der Waals surface area contributed by atoms with Gasteiger partial charge in [0.1, 0.15) is 11.5 Å². The Labute approximate surface area is 109 Å². The second-order valence-electron chi connectivity index (χ2n) is 3.03. The van der Waals surface area contributed by atoms with E-state index in [1.807, 2.05) is 0 Å². The van der Waals surface area contributed by atoms with Gasteiger partial charge < -0.3 is 4.74 Å². The molecule has 16 heavy (non-hydrogen) atoms. The molecule has 0 fully saturated rings. The van der Waals surface area contributed by atoms with Crippen molar-refractivity contribution in [2.45, 2.75) is 0 Å². The van der Waals surface area contributed by atoms with Crippen LogP contribution in [0.5, 0.6) is 11.5 Å². The van der Waals surface area contributed by atoms with Crippen LogP contribution >= 0.6 is 34.8 Å². The minimum atomic E-state index is 0.441. The van der Waals surface area contributed by atoms with Crippen molar-refractivity contribution in [3.05, 3.63) is 57.5 Å². The van der Waals surface area contributed by atoms with Gasteiger partial charge in [-0.25, -0.2) is 0 Å². The first-order valence-electron chi connectivity index (χ1n) is 4.45. The molecule has 2 aromatic carbocycles. The van der Waals surface area contributed by atoms with Crippen LogP contribution in [0.25, 0.3) is 0 Å². The fourth-order valence-electron chi connectivity index (χ4n) is 1.16. The van der Waals surface area contributed by atoms with Crippen LogP contribution in [0.2, 0.25) is 15.1 Å². The summed E-state index contributed by atoms with van der Waals surface area (Å²) in [6.07, 6.45) is 0. The van der Waals surface area contributed by atoms with E-state index in [9.17, 15) is 0 Å². The fraction of sp³-hybridized carbons (Fsp3) is 0. The highest BCUT2D eigenvalue weighted by Gasteiger charge is 2.06. The normalized spacial score (nSPS) is 10.2. The Hall–Kier alpha value is -0.890. The van der Waals surface area contributed by atoms with Gasteiger partial charge in [-0.1, -0.05) is 40.9 Å². The quantitative estimate of drug-likeness (QED) is 0.726. The Morgan fingerprint density at radius 2 is 1.69 bits per heavy atom. The first-order chi connectivity index (χ1) is 7.66. The number of rotatable bonds is 2. The third-order valence-corrected chi connectivity index (χ3v) is 2.72. The van der Waals surface area contributed by atoms with Crippen LogP contribution in [0.1, 0.15) is 0 Å². The zero-order valence-electron chi connectivity index (χ0n) is 8.01. The predicted molar refractivity (Wildman–Crippen MR) is 66.8 cm³/mol. The lowest BCUT2D eigenvalue weighted by Crippen LogP contribution is -1.85. The average Bonchev–Trinajstić information content (AvgIpc) is 2.25. The maximum Gasteiger partial charge on any atom is 0.146 e. The number of benzene rings is 2. The van der Waals surface area contributed by atoms with Crippen LogP contribution < -0.4 is 4.74 Å². The Bertz CT molecular complexity index is 511. The summed E-state index contributed by atoms with van der Waals surface area (Å²) in [5, 5.41) is 1.48. The highest BCUT2D eigenvalue weighted by atomic mass is 35.5. The molecule has 0 amide bonds. The number of hydrogen-bond acceptors (Lipinski definition) is 1. The molecule has 4 heteroatoms. The highest BCUT2D eigenvalue weighted by molar-refractivity contribution is 6.35. The maximum atomic E-state index is 5.97. The summed E-state index contributed by atoms with van der Waals surface area (Å²) < 4.78 is 5.55. The summed E-state index contributed by atoms with van der Waals surface area (Å²) in [7, 11) is 0. The van der Waals surface area contributed by atoms with Gasteiger partial charge >= 0.3 is 0 Å². The molecule has 0 atom stereocenters. The summed E-state index contributed by atoms with van der Waals surface area (Å²) >= 11 is 17.7. The molecule has 0 bridgehead atoms. The van der Waals surface area contributed by atoms with E-state index in [-0.39, 0.29) is 0 Å². The van der Waals surface area contributed by atoms with E-state index < -0.39 is 0 Å². The van der Waals surface area contributed by atoms with Crippen LogP contribution in [-0.4, -0.2) is 0 Å². The highest BCUT2D eigenvalue weighted by Crippen LogP contribution is 2.34. The molecule has 0 aliphatic heterocycles. The van der Waals surface area contributed by atoms with Gasteiger partial charge in [0.2, 0.25) is 0 Å². The van der Waals surface area contributed by atoms with Gasteiger partial charge in [0.15, 0.2) is 0 Å². The molecule has 0 aliphatic carbocycles. The van der Waals surface area contributed by atoms with Gasteiger partial charge in [-0.3, -0.25) is 0 Å².